The summed E-state index contributed by atoms with van der Waals surface area (Å²) in [4.78, 5) is 9.84. The Labute approximate surface area is 225 Å². The molecule has 0 spiro atoms. The second kappa shape index (κ2) is 13.8. The lowest BCUT2D eigenvalue weighted by molar-refractivity contribution is 0.466. The summed E-state index contributed by atoms with van der Waals surface area (Å²) < 4.78 is 0. The molecule has 2 unspecified atom stereocenters. The highest BCUT2D eigenvalue weighted by Crippen LogP contribution is 2.30. The Morgan fingerprint density at radius 3 is 1.49 bits per heavy atom. The minimum atomic E-state index is 0.0944. The van der Waals surface area contributed by atoms with E-state index in [9.17, 15) is 10.2 Å². The van der Waals surface area contributed by atoms with E-state index in [2.05, 4.69) is 65.8 Å². The zero-order chi connectivity index (χ0) is 26.9. The molecular weight excluding hydrogens is 456 g/mol. The van der Waals surface area contributed by atoms with Gasteiger partial charge < -0.3 is 10.2 Å². The molecule has 37 heavy (non-hydrogen) atoms. The second-order valence-electron chi connectivity index (χ2n) is 11.6. The van der Waals surface area contributed by atoms with Gasteiger partial charge in [-0.2, -0.15) is 0 Å². The minimum Gasteiger partial charge on any atom is -0.507 e. The molecule has 0 amide bonds. The molecule has 1 aliphatic carbocycles. The maximum atomic E-state index is 10.8. The van der Waals surface area contributed by atoms with E-state index in [0.29, 0.717) is 23.3 Å². The van der Waals surface area contributed by atoms with Gasteiger partial charge in [0.15, 0.2) is 0 Å². The van der Waals surface area contributed by atoms with E-state index in [1.807, 2.05) is 12.4 Å². The van der Waals surface area contributed by atoms with E-state index in [1.54, 1.807) is 0 Å². The predicted molar refractivity (Wildman–Crippen MR) is 158 cm³/mol. The van der Waals surface area contributed by atoms with Gasteiger partial charge in [0.05, 0.1) is 12.1 Å². The zero-order valence-electron chi connectivity index (χ0n) is 23.9. The first kappa shape index (κ1) is 28.9. The molecule has 4 heteroatoms. The highest BCUT2D eigenvalue weighted by molar-refractivity contribution is 5.85. The summed E-state index contributed by atoms with van der Waals surface area (Å²) in [5.41, 5.74) is 6.15. The van der Waals surface area contributed by atoms with E-state index in [1.165, 1.54) is 11.1 Å². The summed E-state index contributed by atoms with van der Waals surface area (Å²) in [6, 6.07) is 8.67. The Bertz CT molecular complexity index is 999. The fourth-order valence-corrected chi connectivity index (χ4v) is 5.13. The maximum Gasteiger partial charge on any atom is 0.127 e. The number of nitrogens with zero attached hydrogens (tertiary/aromatic N) is 2. The van der Waals surface area contributed by atoms with Gasteiger partial charge in [0, 0.05) is 23.6 Å². The van der Waals surface area contributed by atoms with Crippen LogP contribution in [0.4, 0.5) is 0 Å². The van der Waals surface area contributed by atoms with Crippen molar-refractivity contribution in [2.45, 2.75) is 111 Å². The van der Waals surface area contributed by atoms with Crippen LogP contribution in [0, 0.1) is 11.8 Å². The summed E-state index contributed by atoms with van der Waals surface area (Å²) in [6.45, 7) is 13.1. The Morgan fingerprint density at radius 1 is 0.730 bits per heavy atom. The van der Waals surface area contributed by atoms with Crippen LogP contribution in [0.15, 0.2) is 34.3 Å². The minimum absolute atomic E-state index is 0.0944. The summed E-state index contributed by atoms with van der Waals surface area (Å²) >= 11 is 0. The molecule has 0 heterocycles. The van der Waals surface area contributed by atoms with E-state index < -0.39 is 0 Å². The van der Waals surface area contributed by atoms with Crippen molar-refractivity contribution in [3.05, 3.63) is 57.6 Å². The first-order valence-corrected chi connectivity index (χ1v) is 14.5. The third-order valence-corrected chi connectivity index (χ3v) is 7.59. The van der Waals surface area contributed by atoms with Gasteiger partial charge in [0.2, 0.25) is 0 Å². The van der Waals surface area contributed by atoms with Gasteiger partial charge in [-0.15, -0.1) is 0 Å². The lowest BCUT2D eigenvalue weighted by Gasteiger charge is -2.14. The first-order valence-electron chi connectivity index (χ1n) is 14.5. The number of rotatable bonds is 12. The Morgan fingerprint density at radius 2 is 1.14 bits per heavy atom. The quantitative estimate of drug-likeness (QED) is 0.289. The number of aryl methyl sites for hydroxylation is 4. The summed E-state index contributed by atoms with van der Waals surface area (Å²) in [6.07, 6.45) is 12.7. The topological polar surface area (TPSA) is 65.2 Å². The molecule has 0 aliphatic heterocycles. The zero-order valence-corrected chi connectivity index (χ0v) is 23.9. The first-order chi connectivity index (χ1) is 17.7. The van der Waals surface area contributed by atoms with Gasteiger partial charge >= 0.3 is 0 Å². The molecule has 1 aliphatic rings. The van der Waals surface area contributed by atoms with Crippen molar-refractivity contribution in [3.63, 3.8) is 0 Å². The van der Waals surface area contributed by atoms with Crippen LogP contribution < -0.4 is 0 Å². The molecule has 3 rings (SSSR count). The number of hydrogen-bond donors (Lipinski definition) is 2. The number of phenols is 2. The van der Waals surface area contributed by atoms with Crippen molar-refractivity contribution in [2.75, 3.05) is 0 Å². The summed E-state index contributed by atoms with van der Waals surface area (Å²) in [7, 11) is 0. The van der Waals surface area contributed by atoms with E-state index >= 15 is 0 Å². The molecule has 0 radical (unpaired) electrons. The molecule has 2 atom stereocenters. The maximum absolute atomic E-state index is 10.8. The van der Waals surface area contributed by atoms with Crippen molar-refractivity contribution in [1.29, 1.82) is 0 Å². The van der Waals surface area contributed by atoms with E-state index in [0.717, 1.165) is 80.0 Å². The Hall–Kier alpha value is -2.62. The van der Waals surface area contributed by atoms with Crippen LogP contribution in [0.2, 0.25) is 0 Å². The van der Waals surface area contributed by atoms with E-state index in [-0.39, 0.29) is 12.1 Å². The van der Waals surface area contributed by atoms with Crippen molar-refractivity contribution in [3.8, 4) is 11.5 Å². The fraction of sp³-hybridized carbons (Fsp3) is 0.576. The van der Waals surface area contributed by atoms with Crippen molar-refractivity contribution < 1.29 is 10.2 Å². The third-order valence-electron chi connectivity index (χ3n) is 7.59. The number of aromatic hydroxyl groups is 2. The highest BCUT2D eigenvalue weighted by Gasteiger charge is 2.26. The van der Waals surface area contributed by atoms with Gasteiger partial charge in [-0.3, -0.25) is 9.98 Å². The molecule has 0 saturated heterocycles. The SMILES string of the molecule is CCc1cc(CCC(C)C)cc(C=NC2CCCC2N=Cc2cc(CCC(C)C)cc(CC)c2O)c1O. The predicted octanol–water partition coefficient (Wildman–Crippen LogP) is 7.86. The lowest BCUT2D eigenvalue weighted by Crippen LogP contribution is -2.16. The molecule has 1 fully saturated rings. The van der Waals surface area contributed by atoms with Crippen LogP contribution in [0.5, 0.6) is 11.5 Å². The second-order valence-corrected chi connectivity index (χ2v) is 11.6. The van der Waals surface area contributed by atoms with Gasteiger partial charge in [-0.05, 0) is 104 Å². The highest BCUT2D eigenvalue weighted by atomic mass is 16.3. The van der Waals surface area contributed by atoms with Crippen molar-refractivity contribution in [2.24, 2.45) is 21.8 Å². The molecule has 4 nitrogen and oxygen atoms in total. The average molecular weight is 505 g/mol. The monoisotopic (exact) mass is 504 g/mol. The lowest BCUT2D eigenvalue weighted by atomic mass is 9.97. The van der Waals surface area contributed by atoms with Crippen LogP contribution in [-0.2, 0) is 25.7 Å². The van der Waals surface area contributed by atoms with Crippen LogP contribution >= 0.6 is 0 Å². The van der Waals surface area contributed by atoms with Crippen molar-refractivity contribution in [1.82, 2.24) is 0 Å². The number of hydrogen-bond acceptors (Lipinski definition) is 4. The molecule has 2 N–H and O–H groups in total. The van der Waals surface area contributed by atoms with Gasteiger partial charge in [-0.25, -0.2) is 0 Å². The van der Waals surface area contributed by atoms with Gasteiger partial charge in [-0.1, -0.05) is 53.7 Å². The molecule has 0 bridgehead atoms. The van der Waals surface area contributed by atoms with Crippen LogP contribution in [-0.4, -0.2) is 34.7 Å². The normalized spacial score (nSPS) is 18.3. The number of phenolic OH excluding ortho intramolecular Hbond substituents is 2. The largest absolute Gasteiger partial charge is 0.507 e. The van der Waals surface area contributed by atoms with Crippen molar-refractivity contribution >= 4 is 12.4 Å². The number of aliphatic imine (C=N–C) groups is 2. The Kier molecular flexibility index (Phi) is 10.8. The van der Waals surface area contributed by atoms with Gasteiger partial charge in [0.1, 0.15) is 11.5 Å². The Balaban J connectivity index is 1.79. The summed E-state index contributed by atoms with van der Waals surface area (Å²) in [5, 5.41) is 21.6. The third kappa shape index (κ3) is 8.18. The molecule has 0 aromatic heterocycles. The van der Waals surface area contributed by atoms with Crippen LogP contribution in [0.3, 0.4) is 0 Å². The molecular formula is C33H48N2O2. The van der Waals surface area contributed by atoms with Crippen LogP contribution in [0.1, 0.15) is 107 Å². The average Bonchev–Trinajstić information content (AvgIpc) is 3.32. The molecule has 202 valence electrons. The standard InChI is InChI=1S/C33H48N2O2/c1-7-26-16-24(14-12-22(3)4)18-28(32(26)36)20-34-30-10-9-11-31(30)35-21-29-19-25(15-13-23(5)6)17-27(8-2)33(29)37/h16-23,30-31,36-37H,7-15H2,1-6H3. The molecule has 2 aromatic rings. The number of benzene rings is 2. The summed E-state index contributed by atoms with van der Waals surface area (Å²) in [5.74, 6) is 2.01. The van der Waals surface area contributed by atoms with Gasteiger partial charge in [0.25, 0.3) is 0 Å². The van der Waals surface area contributed by atoms with Crippen LogP contribution in [0.25, 0.3) is 0 Å². The molecule has 2 aromatic carbocycles. The van der Waals surface area contributed by atoms with E-state index in [4.69, 9.17) is 9.98 Å². The smallest absolute Gasteiger partial charge is 0.127 e. The molecule has 1 saturated carbocycles. The fourth-order valence-electron chi connectivity index (χ4n) is 5.13.